The molecule has 7 nitrogen and oxygen atoms in total. The largest absolute Gasteiger partial charge is 0.369 e. The highest BCUT2D eigenvalue weighted by Crippen LogP contribution is 2.49. The predicted octanol–water partition coefficient (Wildman–Crippen LogP) is -0.643. The molecule has 0 aromatic heterocycles. The highest BCUT2D eigenvalue weighted by atomic mass is 16.2. The molecule has 1 aliphatic heterocycles. The van der Waals surface area contributed by atoms with E-state index in [9.17, 15) is 19.2 Å². The molecule has 0 bridgehead atoms. The normalized spacial score (nSPS) is 22.1. The van der Waals surface area contributed by atoms with Crippen LogP contribution in [-0.2, 0) is 14.4 Å². The summed E-state index contributed by atoms with van der Waals surface area (Å²) in [5.41, 5.74) is 3.11. The lowest BCUT2D eigenvalue weighted by Gasteiger charge is -2.34. The highest BCUT2D eigenvalue weighted by molar-refractivity contribution is 6.21. The van der Waals surface area contributed by atoms with Crippen LogP contribution in [0.4, 0.5) is 4.79 Å². The molecule has 2 fully saturated rings. The molecule has 5 amide bonds. The van der Waals surface area contributed by atoms with Crippen molar-refractivity contribution in [2.45, 2.75) is 26.7 Å². The smallest absolute Gasteiger partial charge is 0.330 e. The Morgan fingerprint density at radius 1 is 1.39 bits per heavy atom. The molecule has 7 heteroatoms. The summed E-state index contributed by atoms with van der Waals surface area (Å²) in [4.78, 5) is 47.5. The van der Waals surface area contributed by atoms with Crippen molar-refractivity contribution in [3.05, 3.63) is 0 Å². The van der Waals surface area contributed by atoms with Crippen molar-refractivity contribution < 1.29 is 19.2 Å². The van der Waals surface area contributed by atoms with E-state index in [4.69, 9.17) is 5.73 Å². The maximum Gasteiger partial charge on any atom is 0.330 e. The van der Waals surface area contributed by atoms with Crippen LogP contribution in [0.5, 0.6) is 0 Å². The van der Waals surface area contributed by atoms with E-state index in [-0.39, 0.29) is 6.54 Å². The summed E-state index contributed by atoms with van der Waals surface area (Å²) >= 11 is 0. The van der Waals surface area contributed by atoms with Gasteiger partial charge in [-0.3, -0.25) is 24.6 Å². The van der Waals surface area contributed by atoms with Crippen molar-refractivity contribution in [2.24, 2.45) is 16.6 Å². The van der Waals surface area contributed by atoms with Gasteiger partial charge in [-0.05, 0) is 26.7 Å². The summed E-state index contributed by atoms with van der Waals surface area (Å²) in [6.07, 6.45) is 0.886. The Morgan fingerprint density at radius 3 is 2.39 bits per heavy atom. The third-order valence-corrected chi connectivity index (χ3v) is 3.53. The zero-order chi connectivity index (χ0) is 13.7. The minimum atomic E-state index is -1.08. The minimum Gasteiger partial charge on any atom is -0.369 e. The number of carbonyl (C=O) groups is 4. The van der Waals surface area contributed by atoms with Crippen LogP contribution in [0.25, 0.3) is 0 Å². The molecule has 1 saturated heterocycles. The molecule has 0 radical (unpaired) electrons. The lowest BCUT2D eigenvalue weighted by molar-refractivity contribution is -0.146. The van der Waals surface area contributed by atoms with Gasteiger partial charge in [-0.1, -0.05) is 0 Å². The Labute approximate surface area is 104 Å². The van der Waals surface area contributed by atoms with Crippen LogP contribution in [0.1, 0.15) is 26.7 Å². The van der Waals surface area contributed by atoms with Crippen molar-refractivity contribution in [1.82, 2.24) is 10.2 Å². The van der Waals surface area contributed by atoms with Crippen molar-refractivity contribution >= 4 is 23.8 Å². The van der Waals surface area contributed by atoms with Crippen LogP contribution in [0.3, 0.4) is 0 Å². The van der Waals surface area contributed by atoms with Crippen molar-refractivity contribution in [1.29, 1.82) is 0 Å². The average Bonchev–Trinajstić information content (AvgIpc) is 3.03. The summed E-state index contributed by atoms with van der Waals surface area (Å²) in [7, 11) is 0. The average molecular weight is 253 g/mol. The summed E-state index contributed by atoms with van der Waals surface area (Å²) in [6.45, 7) is 2.97. The number of nitrogens with zero attached hydrogens (tertiary/aromatic N) is 1. The Kier molecular flexibility index (Phi) is 2.46. The highest BCUT2D eigenvalue weighted by Gasteiger charge is 2.62. The van der Waals surface area contributed by atoms with Gasteiger partial charge in [-0.25, -0.2) is 4.79 Å². The fourth-order valence-corrected chi connectivity index (χ4v) is 1.91. The van der Waals surface area contributed by atoms with Gasteiger partial charge in [0.25, 0.3) is 0 Å². The molecular weight excluding hydrogens is 238 g/mol. The molecule has 0 aromatic rings. The monoisotopic (exact) mass is 253 g/mol. The van der Waals surface area contributed by atoms with Gasteiger partial charge < -0.3 is 5.73 Å². The molecule has 0 atom stereocenters. The number of imide groups is 2. The van der Waals surface area contributed by atoms with E-state index in [0.29, 0.717) is 12.8 Å². The molecule has 1 saturated carbocycles. The number of rotatable bonds is 3. The van der Waals surface area contributed by atoms with E-state index >= 15 is 0 Å². The van der Waals surface area contributed by atoms with Crippen molar-refractivity contribution in [3.63, 3.8) is 0 Å². The molecule has 0 unspecified atom stereocenters. The van der Waals surface area contributed by atoms with Crippen LogP contribution in [-0.4, -0.2) is 35.2 Å². The van der Waals surface area contributed by atoms with Gasteiger partial charge in [0, 0.05) is 6.54 Å². The van der Waals surface area contributed by atoms with E-state index in [1.54, 1.807) is 13.8 Å². The number of nitrogens with one attached hydrogen (secondary N) is 1. The van der Waals surface area contributed by atoms with Gasteiger partial charge >= 0.3 is 6.03 Å². The lowest BCUT2D eigenvalue weighted by atomic mass is 9.90. The van der Waals surface area contributed by atoms with Crippen LogP contribution in [0.2, 0.25) is 0 Å². The Bertz CT molecular complexity index is 465. The van der Waals surface area contributed by atoms with Gasteiger partial charge in [0.1, 0.15) is 5.41 Å². The lowest BCUT2D eigenvalue weighted by Crippen LogP contribution is -2.61. The maximum atomic E-state index is 12.1. The quantitative estimate of drug-likeness (QED) is 0.651. The molecule has 1 aliphatic carbocycles. The van der Waals surface area contributed by atoms with Crippen LogP contribution in [0.15, 0.2) is 0 Å². The van der Waals surface area contributed by atoms with Gasteiger partial charge in [0.05, 0.1) is 5.41 Å². The fraction of sp³-hybridized carbons (Fsp3) is 0.636. The summed E-state index contributed by atoms with van der Waals surface area (Å²) in [5.74, 6) is -1.67. The van der Waals surface area contributed by atoms with E-state index in [1.165, 1.54) is 0 Å². The van der Waals surface area contributed by atoms with Crippen LogP contribution in [0, 0.1) is 10.8 Å². The predicted molar refractivity (Wildman–Crippen MR) is 59.9 cm³/mol. The van der Waals surface area contributed by atoms with Crippen LogP contribution >= 0.6 is 0 Å². The first kappa shape index (κ1) is 12.5. The first-order chi connectivity index (χ1) is 8.20. The van der Waals surface area contributed by atoms with Gasteiger partial charge in [0.15, 0.2) is 0 Å². The van der Waals surface area contributed by atoms with Crippen molar-refractivity contribution in [2.75, 3.05) is 6.54 Å². The summed E-state index contributed by atoms with van der Waals surface area (Å²) in [6, 6.07) is -0.781. The second-order valence-corrected chi connectivity index (χ2v) is 5.48. The van der Waals surface area contributed by atoms with E-state index in [2.05, 4.69) is 5.32 Å². The van der Waals surface area contributed by atoms with E-state index in [1.807, 2.05) is 0 Å². The molecule has 3 N–H and O–H groups in total. The van der Waals surface area contributed by atoms with E-state index in [0.717, 1.165) is 4.90 Å². The first-order valence-corrected chi connectivity index (χ1v) is 5.68. The topological polar surface area (TPSA) is 110 Å². The minimum absolute atomic E-state index is 0.123. The number of primary amides is 1. The zero-order valence-corrected chi connectivity index (χ0v) is 10.3. The molecule has 98 valence electrons. The summed E-state index contributed by atoms with van der Waals surface area (Å²) in [5, 5.41) is 2.15. The van der Waals surface area contributed by atoms with Gasteiger partial charge in [0.2, 0.25) is 17.7 Å². The Hall–Kier alpha value is -1.92. The number of hydrogen-bond donors (Lipinski definition) is 2. The molecule has 18 heavy (non-hydrogen) atoms. The summed E-state index contributed by atoms with van der Waals surface area (Å²) < 4.78 is 0. The molecule has 2 rings (SSSR count). The third-order valence-electron chi connectivity index (χ3n) is 3.53. The molecule has 1 spiro atoms. The zero-order valence-electron chi connectivity index (χ0n) is 10.3. The first-order valence-electron chi connectivity index (χ1n) is 5.68. The van der Waals surface area contributed by atoms with Crippen LogP contribution < -0.4 is 11.1 Å². The maximum absolute atomic E-state index is 12.1. The number of urea groups is 1. The Morgan fingerprint density at radius 2 is 1.94 bits per heavy atom. The molecule has 2 aliphatic rings. The number of amides is 5. The number of hydrogen-bond acceptors (Lipinski definition) is 4. The third kappa shape index (κ3) is 1.66. The SMILES string of the molecule is CC(C)(CN1C(=O)NC(=O)C2(CC2)C1=O)C(N)=O. The van der Waals surface area contributed by atoms with E-state index < -0.39 is 34.6 Å². The Balaban J connectivity index is 2.23. The number of barbiturate groups is 1. The molecule has 0 aromatic carbocycles. The van der Waals surface area contributed by atoms with Gasteiger partial charge in [-0.2, -0.15) is 0 Å². The number of nitrogens with two attached hydrogens (primary N) is 1. The second kappa shape index (κ2) is 3.54. The second-order valence-electron chi connectivity index (χ2n) is 5.48. The van der Waals surface area contributed by atoms with Gasteiger partial charge in [-0.15, -0.1) is 0 Å². The molecular formula is C11H15N3O4. The van der Waals surface area contributed by atoms with Crippen molar-refractivity contribution in [3.8, 4) is 0 Å². The molecule has 1 heterocycles. The number of carbonyl (C=O) groups excluding carboxylic acids is 4. The fourth-order valence-electron chi connectivity index (χ4n) is 1.91. The standard InChI is InChI=1S/C11H15N3O4/c1-10(2,6(12)15)5-14-8(17)11(3-4-11)7(16)13-9(14)18/h3-5H2,1-2H3,(H2,12,15)(H,13,16,18).